The summed E-state index contributed by atoms with van der Waals surface area (Å²) >= 11 is 0. The van der Waals surface area contributed by atoms with Crippen LogP contribution in [0, 0.1) is 6.92 Å². The Hall–Kier alpha value is -3.74. The molecule has 0 aliphatic rings. The van der Waals surface area contributed by atoms with Crippen molar-refractivity contribution in [1.29, 1.82) is 0 Å². The Morgan fingerprint density at radius 1 is 1.12 bits per heavy atom. The van der Waals surface area contributed by atoms with E-state index in [0.717, 1.165) is 45.7 Å². The fraction of sp³-hybridized carbons (Fsp3) is 0.280. The summed E-state index contributed by atoms with van der Waals surface area (Å²) in [6, 6.07) is 13.6. The number of hydrogen-bond acceptors (Lipinski definition) is 6. The second-order valence-electron chi connectivity index (χ2n) is 8.06. The van der Waals surface area contributed by atoms with Gasteiger partial charge in [0.05, 0.1) is 6.33 Å². The smallest absolute Gasteiger partial charge is 0.166 e. The van der Waals surface area contributed by atoms with Crippen LogP contribution in [0.5, 0.6) is 5.75 Å². The lowest BCUT2D eigenvalue weighted by Crippen LogP contribution is -2.09. The van der Waals surface area contributed by atoms with Crippen molar-refractivity contribution >= 4 is 23.2 Å². The molecule has 0 spiro atoms. The van der Waals surface area contributed by atoms with E-state index in [1.165, 1.54) is 0 Å². The Morgan fingerprint density at radius 2 is 1.91 bits per heavy atom. The highest BCUT2D eigenvalue weighted by molar-refractivity contribution is 5.88. The molecule has 0 bridgehead atoms. The molecular formula is C25H28N6O. The predicted octanol–water partition coefficient (Wildman–Crippen LogP) is 4.79. The van der Waals surface area contributed by atoms with E-state index in [9.17, 15) is 5.11 Å². The van der Waals surface area contributed by atoms with E-state index in [-0.39, 0.29) is 11.8 Å². The average Bonchev–Trinajstić information content (AvgIpc) is 3.21. The maximum atomic E-state index is 9.49. The molecule has 32 heavy (non-hydrogen) atoms. The molecule has 164 valence electrons. The van der Waals surface area contributed by atoms with Gasteiger partial charge in [0.2, 0.25) is 0 Å². The van der Waals surface area contributed by atoms with Gasteiger partial charge in [0.1, 0.15) is 11.3 Å². The minimum absolute atomic E-state index is 0.229. The summed E-state index contributed by atoms with van der Waals surface area (Å²) in [4.78, 5) is 18.5. The Labute approximate surface area is 187 Å². The van der Waals surface area contributed by atoms with Gasteiger partial charge in [0.15, 0.2) is 17.3 Å². The number of phenols is 1. The van der Waals surface area contributed by atoms with Crippen molar-refractivity contribution in [3.63, 3.8) is 0 Å². The number of rotatable bonds is 7. The number of aromatic nitrogens is 4. The van der Waals surface area contributed by atoms with Crippen LogP contribution in [0.25, 0.3) is 22.6 Å². The van der Waals surface area contributed by atoms with Crippen LogP contribution in [-0.4, -0.2) is 44.4 Å². The molecule has 0 saturated heterocycles. The quantitative estimate of drug-likeness (QED) is 0.413. The molecule has 0 amide bonds. The van der Waals surface area contributed by atoms with Crippen LogP contribution in [-0.2, 0) is 6.42 Å². The first-order chi connectivity index (χ1) is 15.5. The van der Waals surface area contributed by atoms with Crippen molar-refractivity contribution in [3.8, 4) is 17.1 Å². The molecule has 2 N–H and O–H groups in total. The third-order valence-corrected chi connectivity index (χ3v) is 5.51. The summed E-state index contributed by atoms with van der Waals surface area (Å²) in [5, 5.41) is 12.9. The van der Waals surface area contributed by atoms with Gasteiger partial charge in [-0.1, -0.05) is 30.3 Å². The molecule has 2 aromatic heterocycles. The van der Waals surface area contributed by atoms with Gasteiger partial charge in [0.25, 0.3) is 0 Å². The molecule has 0 atom stereocenters. The fourth-order valence-corrected chi connectivity index (χ4v) is 3.70. The van der Waals surface area contributed by atoms with Crippen LogP contribution in [0.3, 0.4) is 0 Å². The summed E-state index contributed by atoms with van der Waals surface area (Å²) in [5.74, 6) is 1.65. The zero-order valence-electron chi connectivity index (χ0n) is 18.9. The van der Waals surface area contributed by atoms with Crippen molar-refractivity contribution in [2.45, 2.75) is 33.2 Å². The molecule has 0 fully saturated rings. The minimum Gasteiger partial charge on any atom is -0.508 e. The van der Waals surface area contributed by atoms with Gasteiger partial charge in [-0.15, -0.1) is 0 Å². The number of nitrogens with zero attached hydrogens (tertiary/aromatic N) is 5. The molecule has 0 unspecified atom stereocenters. The van der Waals surface area contributed by atoms with Crippen molar-refractivity contribution in [2.24, 2.45) is 4.99 Å². The number of aliphatic imine (C=N–C) groups is 1. The zero-order valence-corrected chi connectivity index (χ0v) is 18.9. The predicted molar refractivity (Wildman–Crippen MR) is 130 cm³/mol. The molecule has 7 nitrogen and oxygen atoms in total. The molecule has 2 heterocycles. The highest BCUT2D eigenvalue weighted by Crippen LogP contribution is 2.28. The van der Waals surface area contributed by atoms with Crippen molar-refractivity contribution < 1.29 is 5.11 Å². The van der Waals surface area contributed by atoms with E-state index < -0.39 is 0 Å². The number of benzene rings is 2. The van der Waals surface area contributed by atoms with E-state index in [1.807, 2.05) is 42.9 Å². The average molecular weight is 429 g/mol. The van der Waals surface area contributed by atoms with Gasteiger partial charge in [-0.3, -0.25) is 4.99 Å². The van der Waals surface area contributed by atoms with E-state index in [1.54, 1.807) is 19.2 Å². The van der Waals surface area contributed by atoms with E-state index in [2.05, 4.69) is 40.6 Å². The Morgan fingerprint density at radius 3 is 2.62 bits per heavy atom. The van der Waals surface area contributed by atoms with Crippen LogP contribution in [0.2, 0.25) is 0 Å². The Bertz CT molecular complexity index is 1260. The summed E-state index contributed by atoms with van der Waals surface area (Å²) in [5.41, 5.74) is 5.82. The third-order valence-electron chi connectivity index (χ3n) is 5.51. The number of hydrogen-bond donors (Lipinski definition) is 2. The molecule has 2 aromatic carbocycles. The minimum atomic E-state index is 0.229. The van der Waals surface area contributed by atoms with Crippen LogP contribution in [0.4, 0.5) is 5.82 Å². The molecule has 0 aliphatic heterocycles. The second kappa shape index (κ2) is 9.18. The monoisotopic (exact) mass is 428 g/mol. The van der Waals surface area contributed by atoms with Crippen molar-refractivity contribution in [1.82, 2.24) is 19.5 Å². The summed E-state index contributed by atoms with van der Waals surface area (Å²) < 4.78 is 2.07. The van der Waals surface area contributed by atoms with Gasteiger partial charge < -0.3 is 15.0 Å². The summed E-state index contributed by atoms with van der Waals surface area (Å²) in [7, 11) is 1.77. The zero-order chi connectivity index (χ0) is 22.7. The third kappa shape index (κ3) is 4.32. The first-order valence-corrected chi connectivity index (χ1v) is 10.8. The summed E-state index contributed by atoms with van der Waals surface area (Å²) in [6.45, 7) is 6.98. The van der Waals surface area contributed by atoms with Crippen molar-refractivity contribution in [2.75, 3.05) is 18.9 Å². The number of nitrogens with one attached hydrogen (secondary N) is 1. The van der Waals surface area contributed by atoms with Gasteiger partial charge >= 0.3 is 0 Å². The van der Waals surface area contributed by atoms with Crippen LogP contribution >= 0.6 is 0 Å². The first-order valence-electron chi connectivity index (χ1n) is 10.8. The molecule has 7 heteroatoms. The van der Waals surface area contributed by atoms with Crippen LogP contribution < -0.4 is 5.32 Å². The lowest BCUT2D eigenvalue weighted by atomic mass is 10.0. The Kier molecular flexibility index (Phi) is 6.16. The lowest BCUT2D eigenvalue weighted by Gasteiger charge is -2.13. The fourth-order valence-electron chi connectivity index (χ4n) is 3.70. The van der Waals surface area contributed by atoms with E-state index in [0.29, 0.717) is 12.4 Å². The van der Waals surface area contributed by atoms with E-state index >= 15 is 0 Å². The highest BCUT2D eigenvalue weighted by Gasteiger charge is 2.17. The molecule has 4 rings (SSSR count). The Balaban J connectivity index is 1.73. The van der Waals surface area contributed by atoms with Crippen LogP contribution in [0.15, 0.2) is 53.8 Å². The molecular weight excluding hydrogens is 400 g/mol. The second-order valence-corrected chi connectivity index (χ2v) is 8.06. The number of aromatic hydroxyl groups is 1. The topological polar surface area (TPSA) is 88.2 Å². The maximum absolute atomic E-state index is 9.49. The number of fused-ring (bicyclic) bond motifs is 1. The summed E-state index contributed by atoms with van der Waals surface area (Å²) in [6.07, 6.45) is 4.48. The number of imidazole rings is 1. The first kappa shape index (κ1) is 21.5. The number of phenolic OH excluding ortho intramolecular Hbond substituents is 1. The lowest BCUT2D eigenvalue weighted by molar-refractivity contribution is 0.475. The number of anilines is 1. The van der Waals surface area contributed by atoms with E-state index in [4.69, 9.17) is 9.97 Å². The van der Waals surface area contributed by atoms with Crippen molar-refractivity contribution in [3.05, 3.63) is 65.5 Å². The SMILES string of the molecule is C/N=C\c1cccc(-c2nc(NCCc3ccc(O)cc3)c3ncn(C(C)C)c3n2)c1C. The highest BCUT2D eigenvalue weighted by atomic mass is 16.3. The van der Waals surface area contributed by atoms with Crippen LogP contribution in [0.1, 0.15) is 36.6 Å². The molecule has 0 aliphatic carbocycles. The standard InChI is InChI=1S/C25H28N6O/c1-16(2)31-15-28-22-24(27-13-12-18-8-10-20(32)11-9-18)29-23(30-25(22)31)21-7-5-6-19(14-26-4)17(21)3/h5-11,14-16,32H,12-13H2,1-4H3,(H,27,29,30)/b26-14-. The largest absolute Gasteiger partial charge is 0.508 e. The normalized spacial score (nSPS) is 11.7. The van der Waals surface area contributed by atoms with Gasteiger partial charge in [0, 0.05) is 31.4 Å². The van der Waals surface area contributed by atoms with Gasteiger partial charge in [-0.25, -0.2) is 15.0 Å². The maximum Gasteiger partial charge on any atom is 0.166 e. The molecule has 0 radical (unpaired) electrons. The molecule has 0 saturated carbocycles. The molecule has 4 aromatic rings. The van der Waals surface area contributed by atoms with Gasteiger partial charge in [-0.2, -0.15) is 0 Å². The van der Waals surface area contributed by atoms with Gasteiger partial charge in [-0.05, 0) is 56.0 Å².